The Balaban J connectivity index is 2.19. The van der Waals surface area contributed by atoms with E-state index in [9.17, 15) is 9.59 Å². The lowest BCUT2D eigenvalue weighted by Gasteiger charge is -2.25. The maximum absolute atomic E-state index is 12.5. The van der Waals surface area contributed by atoms with Crippen molar-refractivity contribution in [1.82, 2.24) is 9.47 Å². The zero-order chi connectivity index (χ0) is 14.5. The van der Waals surface area contributed by atoms with Gasteiger partial charge in [0.1, 0.15) is 6.04 Å². The number of hydrogen-bond donors (Lipinski definition) is 0. The molecule has 1 atom stereocenters. The van der Waals surface area contributed by atoms with Crippen molar-refractivity contribution >= 4 is 5.91 Å². The van der Waals surface area contributed by atoms with Crippen molar-refractivity contribution in [2.45, 2.75) is 38.6 Å². The number of hydrogen-bond acceptors (Lipinski definition) is 3. The Labute approximate surface area is 119 Å². The third kappa shape index (κ3) is 3.03. The van der Waals surface area contributed by atoms with E-state index in [0.717, 1.165) is 25.9 Å². The fourth-order valence-electron chi connectivity index (χ4n) is 2.62. The van der Waals surface area contributed by atoms with Crippen molar-refractivity contribution in [3.8, 4) is 5.75 Å². The predicted octanol–water partition coefficient (Wildman–Crippen LogP) is 1.82. The van der Waals surface area contributed by atoms with Gasteiger partial charge in [0.2, 0.25) is 5.91 Å². The van der Waals surface area contributed by atoms with Crippen LogP contribution in [0, 0.1) is 0 Å². The Morgan fingerprint density at radius 3 is 2.50 bits per heavy atom. The molecular weight excluding hydrogens is 256 g/mol. The van der Waals surface area contributed by atoms with E-state index < -0.39 is 6.04 Å². The van der Waals surface area contributed by atoms with Gasteiger partial charge in [0.25, 0.3) is 5.56 Å². The van der Waals surface area contributed by atoms with Crippen molar-refractivity contribution in [2.75, 3.05) is 20.2 Å². The highest BCUT2D eigenvalue weighted by molar-refractivity contribution is 5.80. The second kappa shape index (κ2) is 6.59. The molecule has 2 heterocycles. The van der Waals surface area contributed by atoms with Gasteiger partial charge in [-0.2, -0.15) is 0 Å². The van der Waals surface area contributed by atoms with Crippen LogP contribution in [0.1, 0.15) is 38.6 Å². The summed E-state index contributed by atoms with van der Waals surface area (Å²) >= 11 is 0. The molecule has 0 aromatic carbocycles. The number of pyridine rings is 1. The summed E-state index contributed by atoms with van der Waals surface area (Å²) in [5.74, 6) is 0.283. The number of amides is 1. The van der Waals surface area contributed by atoms with Crippen LogP contribution in [0.3, 0.4) is 0 Å². The minimum Gasteiger partial charge on any atom is -0.491 e. The fourth-order valence-corrected chi connectivity index (χ4v) is 2.62. The maximum atomic E-state index is 12.5. The molecule has 0 spiro atoms. The van der Waals surface area contributed by atoms with Crippen molar-refractivity contribution in [3.63, 3.8) is 0 Å². The van der Waals surface area contributed by atoms with E-state index in [2.05, 4.69) is 0 Å². The van der Waals surface area contributed by atoms with E-state index in [1.54, 1.807) is 25.3 Å². The summed E-state index contributed by atoms with van der Waals surface area (Å²) in [5.41, 5.74) is -0.259. The van der Waals surface area contributed by atoms with Gasteiger partial charge in [0.05, 0.1) is 7.11 Å². The van der Waals surface area contributed by atoms with Crippen LogP contribution >= 0.6 is 0 Å². The SMILES string of the molecule is COc1cccn([C@H](C)C(=O)N2CCCCCC2)c1=O. The summed E-state index contributed by atoms with van der Waals surface area (Å²) in [4.78, 5) is 26.6. The zero-order valence-corrected chi connectivity index (χ0v) is 12.2. The van der Waals surface area contributed by atoms with Gasteiger partial charge in [0, 0.05) is 19.3 Å². The Bertz CT molecular complexity index is 516. The monoisotopic (exact) mass is 278 g/mol. The molecule has 1 aliphatic rings. The maximum Gasteiger partial charge on any atom is 0.293 e. The first kappa shape index (κ1) is 14.6. The lowest BCUT2D eigenvalue weighted by Crippen LogP contribution is -2.39. The van der Waals surface area contributed by atoms with Gasteiger partial charge in [-0.1, -0.05) is 12.8 Å². The normalized spacial score (nSPS) is 17.4. The average molecular weight is 278 g/mol. The topological polar surface area (TPSA) is 51.5 Å². The van der Waals surface area contributed by atoms with E-state index >= 15 is 0 Å². The number of likely N-dealkylation sites (tertiary alicyclic amines) is 1. The van der Waals surface area contributed by atoms with Crippen LogP contribution in [0.25, 0.3) is 0 Å². The van der Waals surface area contributed by atoms with Crippen molar-refractivity contribution in [3.05, 3.63) is 28.7 Å². The molecule has 1 fully saturated rings. The summed E-state index contributed by atoms with van der Waals surface area (Å²) in [6, 6.07) is 2.85. The van der Waals surface area contributed by atoms with Gasteiger partial charge in [0.15, 0.2) is 5.75 Å². The molecule has 5 nitrogen and oxygen atoms in total. The third-order valence-electron chi connectivity index (χ3n) is 3.85. The molecule has 0 aliphatic carbocycles. The third-order valence-corrected chi connectivity index (χ3v) is 3.85. The predicted molar refractivity (Wildman–Crippen MR) is 77.0 cm³/mol. The van der Waals surface area contributed by atoms with E-state index in [-0.39, 0.29) is 17.2 Å². The first-order chi connectivity index (χ1) is 9.65. The van der Waals surface area contributed by atoms with Gasteiger partial charge < -0.3 is 14.2 Å². The van der Waals surface area contributed by atoms with E-state index in [1.807, 2.05) is 4.90 Å². The quantitative estimate of drug-likeness (QED) is 0.847. The molecule has 0 saturated carbocycles. The van der Waals surface area contributed by atoms with Crippen molar-refractivity contribution in [1.29, 1.82) is 0 Å². The Morgan fingerprint density at radius 2 is 1.90 bits per heavy atom. The molecule has 1 aromatic rings. The first-order valence-corrected chi connectivity index (χ1v) is 7.19. The molecule has 2 rings (SSSR count). The minimum atomic E-state index is -0.490. The highest BCUT2D eigenvalue weighted by atomic mass is 16.5. The Morgan fingerprint density at radius 1 is 1.25 bits per heavy atom. The van der Waals surface area contributed by atoms with Gasteiger partial charge in [-0.15, -0.1) is 0 Å². The molecule has 0 bridgehead atoms. The first-order valence-electron chi connectivity index (χ1n) is 7.19. The van der Waals surface area contributed by atoms with Crippen molar-refractivity contribution in [2.24, 2.45) is 0 Å². The summed E-state index contributed by atoms with van der Waals surface area (Å²) in [6.45, 7) is 3.36. The van der Waals surface area contributed by atoms with Crippen LogP contribution in [-0.4, -0.2) is 35.6 Å². The number of ether oxygens (including phenoxy) is 1. The molecule has 0 N–H and O–H groups in total. The standard InChI is InChI=1S/C15H22N2O3/c1-12(14(18)16-9-5-3-4-6-10-16)17-11-7-8-13(20-2)15(17)19/h7-8,11-12H,3-6,9-10H2,1-2H3/t12-/m1/s1. The molecule has 110 valence electrons. The molecule has 1 aliphatic heterocycles. The molecular formula is C15H22N2O3. The van der Waals surface area contributed by atoms with Crippen LogP contribution in [0.2, 0.25) is 0 Å². The van der Waals surface area contributed by atoms with E-state index in [0.29, 0.717) is 0 Å². The molecule has 0 radical (unpaired) electrons. The number of carbonyl (C=O) groups excluding carboxylic acids is 1. The van der Waals surface area contributed by atoms with Gasteiger partial charge in [-0.05, 0) is 31.9 Å². The number of methoxy groups -OCH3 is 1. The van der Waals surface area contributed by atoms with E-state index in [1.165, 1.54) is 24.5 Å². The minimum absolute atomic E-state index is 0.0160. The highest BCUT2D eigenvalue weighted by Crippen LogP contribution is 2.15. The number of rotatable bonds is 3. The largest absolute Gasteiger partial charge is 0.491 e. The average Bonchev–Trinajstić information content (AvgIpc) is 2.75. The highest BCUT2D eigenvalue weighted by Gasteiger charge is 2.23. The Kier molecular flexibility index (Phi) is 4.82. The summed E-state index contributed by atoms with van der Waals surface area (Å²) < 4.78 is 6.47. The van der Waals surface area contributed by atoms with Gasteiger partial charge in [-0.25, -0.2) is 0 Å². The van der Waals surface area contributed by atoms with Crippen LogP contribution in [0.4, 0.5) is 0 Å². The lowest BCUT2D eigenvalue weighted by atomic mass is 10.2. The Hall–Kier alpha value is -1.78. The van der Waals surface area contributed by atoms with Crippen LogP contribution in [-0.2, 0) is 4.79 Å². The van der Waals surface area contributed by atoms with Crippen LogP contribution in [0.5, 0.6) is 5.75 Å². The molecule has 1 amide bonds. The van der Waals surface area contributed by atoms with E-state index in [4.69, 9.17) is 4.74 Å². The van der Waals surface area contributed by atoms with Crippen LogP contribution in [0.15, 0.2) is 23.1 Å². The summed E-state index contributed by atoms with van der Waals surface area (Å²) in [5, 5.41) is 0. The number of nitrogens with zero attached hydrogens (tertiary/aromatic N) is 2. The summed E-state index contributed by atoms with van der Waals surface area (Å²) in [7, 11) is 1.46. The molecule has 0 unspecified atom stereocenters. The fraction of sp³-hybridized carbons (Fsp3) is 0.600. The molecule has 20 heavy (non-hydrogen) atoms. The molecule has 1 aromatic heterocycles. The van der Waals surface area contributed by atoms with Gasteiger partial charge in [-0.3, -0.25) is 9.59 Å². The zero-order valence-electron chi connectivity index (χ0n) is 12.2. The summed E-state index contributed by atoms with van der Waals surface area (Å²) in [6.07, 6.45) is 6.09. The number of aromatic nitrogens is 1. The lowest BCUT2D eigenvalue weighted by molar-refractivity contribution is -0.134. The number of carbonyl (C=O) groups is 1. The second-order valence-electron chi connectivity index (χ2n) is 5.20. The smallest absolute Gasteiger partial charge is 0.293 e. The van der Waals surface area contributed by atoms with Crippen LogP contribution < -0.4 is 10.3 Å². The van der Waals surface area contributed by atoms with Crippen molar-refractivity contribution < 1.29 is 9.53 Å². The second-order valence-corrected chi connectivity index (χ2v) is 5.20. The van der Waals surface area contributed by atoms with Gasteiger partial charge >= 0.3 is 0 Å². The molecule has 1 saturated heterocycles. The molecule has 5 heteroatoms.